The quantitative estimate of drug-likeness (QED) is 0.697. The third kappa shape index (κ3) is 4.42. The Morgan fingerprint density at radius 1 is 1.35 bits per heavy atom. The number of halogens is 2. The Morgan fingerprint density at radius 2 is 2.09 bits per heavy atom. The van der Waals surface area contributed by atoms with Crippen LogP contribution in [0, 0.1) is 5.82 Å². The molecule has 0 aliphatic rings. The molecule has 0 fully saturated rings. The van der Waals surface area contributed by atoms with Gasteiger partial charge in [0.25, 0.3) is 5.91 Å². The van der Waals surface area contributed by atoms with Crippen molar-refractivity contribution in [3.8, 4) is 5.75 Å². The standard InChI is InChI=1S/C18H17BrFNO2/c1-3-10-23-17-7-5-4-6-15(17)18(22)21(2)12-13-11-14(19)8-9-16(13)20/h3-9,11H,1,10,12H2,2H3. The van der Waals surface area contributed by atoms with Gasteiger partial charge in [-0.1, -0.05) is 40.7 Å². The van der Waals surface area contributed by atoms with Crippen LogP contribution in [0.1, 0.15) is 15.9 Å². The SMILES string of the molecule is C=CCOc1ccccc1C(=O)N(C)Cc1cc(Br)ccc1F. The summed E-state index contributed by atoms with van der Waals surface area (Å²) in [5, 5.41) is 0. The molecule has 0 heterocycles. The average Bonchev–Trinajstić information content (AvgIpc) is 2.55. The van der Waals surface area contributed by atoms with Gasteiger partial charge in [0.05, 0.1) is 5.56 Å². The third-order valence-corrected chi connectivity index (χ3v) is 3.73. The first-order valence-electron chi connectivity index (χ1n) is 7.05. The van der Waals surface area contributed by atoms with Crippen molar-refractivity contribution in [3.05, 3.63) is 76.5 Å². The minimum atomic E-state index is -0.343. The molecule has 2 aromatic rings. The number of nitrogens with zero attached hydrogens (tertiary/aromatic N) is 1. The Kier molecular flexibility index (Phi) is 5.93. The molecule has 120 valence electrons. The molecule has 2 rings (SSSR count). The first-order valence-corrected chi connectivity index (χ1v) is 7.84. The molecule has 0 unspecified atom stereocenters. The molecular formula is C18H17BrFNO2. The highest BCUT2D eigenvalue weighted by Crippen LogP contribution is 2.22. The van der Waals surface area contributed by atoms with Crippen molar-refractivity contribution in [1.82, 2.24) is 4.90 Å². The predicted octanol–water partition coefficient (Wildman–Crippen LogP) is 4.43. The molecule has 2 aromatic carbocycles. The number of rotatable bonds is 6. The molecule has 0 aromatic heterocycles. The number of carbonyl (C=O) groups is 1. The van der Waals surface area contributed by atoms with Crippen LogP contribution < -0.4 is 4.74 Å². The maximum atomic E-state index is 13.8. The highest BCUT2D eigenvalue weighted by atomic mass is 79.9. The summed E-state index contributed by atoms with van der Waals surface area (Å²) in [5.41, 5.74) is 0.881. The monoisotopic (exact) mass is 377 g/mol. The van der Waals surface area contributed by atoms with Crippen molar-refractivity contribution in [2.75, 3.05) is 13.7 Å². The van der Waals surface area contributed by atoms with Crippen LogP contribution in [0.3, 0.4) is 0 Å². The Labute approximate surface area is 143 Å². The molecule has 3 nitrogen and oxygen atoms in total. The van der Waals surface area contributed by atoms with Crippen LogP contribution in [0.2, 0.25) is 0 Å². The predicted molar refractivity (Wildman–Crippen MR) is 92.0 cm³/mol. The molecule has 0 atom stereocenters. The zero-order chi connectivity index (χ0) is 16.8. The van der Waals surface area contributed by atoms with Crippen molar-refractivity contribution >= 4 is 21.8 Å². The Hall–Kier alpha value is -2.14. The highest BCUT2D eigenvalue weighted by Gasteiger charge is 2.18. The molecule has 0 saturated carbocycles. The first-order chi connectivity index (χ1) is 11.0. The summed E-state index contributed by atoms with van der Waals surface area (Å²) < 4.78 is 20.1. The van der Waals surface area contributed by atoms with E-state index in [2.05, 4.69) is 22.5 Å². The topological polar surface area (TPSA) is 29.5 Å². The molecule has 0 aliphatic heterocycles. The number of carbonyl (C=O) groups excluding carboxylic acids is 1. The second-order valence-electron chi connectivity index (χ2n) is 4.99. The van der Waals surface area contributed by atoms with Crippen molar-refractivity contribution in [2.24, 2.45) is 0 Å². The molecule has 1 amide bonds. The summed E-state index contributed by atoms with van der Waals surface area (Å²) in [7, 11) is 1.63. The number of ether oxygens (including phenoxy) is 1. The number of hydrogen-bond donors (Lipinski definition) is 0. The molecule has 0 N–H and O–H groups in total. The van der Waals surface area contributed by atoms with E-state index in [4.69, 9.17) is 4.74 Å². The molecule has 0 bridgehead atoms. The van der Waals surface area contributed by atoms with Gasteiger partial charge in [-0.15, -0.1) is 0 Å². The van der Waals surface area contributed by atoms with E-state index in [9.17, 15) is 9.18 Å². The summed E-state index contributed by atoms with van der Waals surface area (Å²) in [6.07, 6.45) is 1.61. The Bertz CT molecular complexity index is 718. The van der Waals surface area contributed by atoms with Gasteiger partial charge in [-0.2, -0.15) is 0 Å². The number of benzene rings is 2. The van der Waals surface area contributed by atoms with E-state index in [1.54, 1.807) is 49.5 Å². The van der Waals surface area contributed by atoms with Gasteiger partial charge >= 0.3 is 0 Å². The van der Waals surface area contributed by atoms with Gasteiger partial charge in [0.1, 0.15) is 18.2 Å². The second-order valence-corrected chi connectivity index (χ2v) is 5.91. The fourth-order valence-electron chi connectivity index (χ4n) is 2.12. The lowest BCUT2D eigenvalue weighted by atomic mass is 10.1. The van der Waals surface area contributed by atoms with Crippen LogP contribution in [-0.4, -0.2) is 24.5 Å². The van der Waals surface area contributed by atoms with E-state index >= 15 is 0 Å². The fourth-order valence-corrected chi connectivity index (χ4v) is 2.52. The van der Waals surface area contributed by atoms with E-state index in [-0.39, 0.29) is 18.3 Å². The van der Waals surface area contributed by atoms with Crippen LogP contribution in [0.5, 0.6) is 5.75 Å². The van der Waals surface area contributed by atoms with Gasteiger partial charge < -0.3 is 9.64 Å². The average molecular weight is 378 g/mol. The third-order valence-electron chi connectivity index (χ3n) is 3.24. The highest BCUT2D eigenvalue weighted by molar-refractivity contribution is 9.10. The first kappa shape index (κ1) is 17.2. The van der Waals surface area contributed by atoms with Gasteiger partial charge in [-0.05, 0) is 30.3 Å². The van der Waals surface area contributed by atoms with E-state index in [1.807, 2.05) is 0 Å². The zero-order valence-electron chi connectivity index (χ0n) is 12.8. The van der Waals surface area contributed by atoms with Crippen molar-refractivity contribution in [2.45, 2.75) is 6.54 Å². The fraction of sp³-hybridized carbons (Fsp3) is 0.167. The molecule has 0 aliphatic carbocycles. The van der Waals surface area contributed by atoms with Gasteiger partial charge in [0.2, 0.25) is 0 Å². The van der Waals surface area contributed by atoms with Crippen molar-refractivity contribution in [3.63, 3.8) is 0 Å². The maximum Gasteiger partial charge on any atom is 0.257 e. The molecule has 0 saturated heterocycles. The van der Waals surface area contributed by atoms with Gasteiger partial charge in [-0.3, -0.25) is 4.79 Å². The summed E-state index contributed by atoms with van der Waals surface area (Å²) in [6, 6.07) is 11.6. The van der Waals surface area contributed by atoms with Gasteiger partial charge in [0.15, 0.2) is 0 Å². The minimum Gasteiger partial charge on any atom is -0.489 e. The smallest absolute Gasteiger partial charge is 0.257 e. The van der Waals surface area contributed by atoms with Crippen LogP contribution in [0.4, 0.5) is 4.39 Å². The number of para-hydroxylation sites is 1. The second kappa shape index (κ2) is 7.92. The van der Waals surface area contributed by atoms with E-state index in [0.29, 0.717) is 23.5 Å². The number of hydrogen-bond acceptors (Lipinski definition) is 2. The Balaban J connectivity index is 2.19. The van der Waals surface area contributed by atoms with E-state index < -0.39 is 0 Å². The lowest BCUT2D eigenvalue weighted by Gasteiger charge is -2.19. The zero-order valence-corrected chi connectivity index (χ0v) is 14.3. The Morgan fingerprint density at radius 3 is 2.83 bits per heavy atom. The summed E-state index contributed by atoms with van der Waals surface area (Å²) >= 11 is 3.31. The molecule has 23 heavy (non-hydrogen) atoms. The normalized spacial score (nSPS) is 10.2. The summed E-state index contributed by atoms with van der Waals surface area (Å²) in [5.74, 6) is -0.0907. The summed E-state index contributed by atoms with van der Waals surface area (Å²) in [6.45, 7) is 4.07. The molecule has 0 radical (unpaired) electrons. The number of amides is 1. The maximum absolute atomic E-state index is 13.8. The van der Waals surface area contributed by atoms with Gasteiger partial charge in [-0.25, -0.2) is 4.39 Å². The van der Waals surface area contributed by atoms with Crippen LogP contribution in [0.15, 0.2) is 59.6 Å². The molecular weight excluding hydrogens is 361 g/mol. The van der Waals surface area contributed by atoms with Crippen LogP contribution in [-0.2, 0) is 6.54 Å². The van der Waals surface area contributed by atoms with Crippen LogP contribution in [0.25, 0.3) is 0 Å². The van der Waals surface area contributed by atoms with Crippen molar-refractivity contribution in [1.29, 1.82) is 0 Å². The van der Waals surface area contributed by atoms with E-state index in [1.165, 1.54) is 11.0 Å². The molecule has 0 spiro atoms. The van der Waals surface area contributed by atoms with Gasteiger partial charge in [0, 0.05) is 23.6 Å². The lowest BCUT2D eigenvalue weighted by Crippen LogP contribution is -2.27. The largest absolute Gasteiger partial charge is 0.489 e. The van der Waals surface area contributed by atoms with Crippen molar-refractivity contribution < 1.29 is 13.9 Å². The minimum absolute atomic E-state index is 0.167. The summed E-state index contributed by atoms with van der Waals surface area (Å²) in [4.78, 5) is 14.1. The molecule has 5 heteroatoms. The lowest BCUT2D eigenvalue weighted by molar-refractivity contribution is 0.0780. The van der Waals surface area contributed by atoms with E-state index in [0.717, 1.165) is 4.47 Å². The van der Waals surface area contributed by atoms with Crippen LogP contribution >= 0.6 is 15.9 Å².